The number of nitrogens with two attached hydrogens (primary N) is 1. The van der Waals surface area contributed by atoms with Gasteiger partial charge < -0.3 is 5.73 Å². The first-order valence-corrected chi connectivity index (χ1v) is 7.28. The summed E-state index contributed by atoms with van der Waals surface area (Å²) in [4.78, 5) is 0. The minimum Gasteiger partial charge on any atom is -0.399 e. The molecule has 3 N–H and O–H groups in total. The van der Waals surface area contributed by atoms with Gasteiger partial charge in [-0.05, 0) is 24.6 Å². The van der Waals surface area contributed by atoms with Gasteiger partial charge in [0, 0.05) is 5.69 Å². The Morgan fingerprint density at radius 2 is 1.95 bits per heavy atom. The standard InChI is InChI=1S/C11H15F3N2O2S/c1-2-3-6-19(17,18)16-10-5-4-8(15)7-9(10)11(12,13)14/h4-5,7,16H,2-3,6,15H2,1H3. The Bertz CT molecular complexity index is 541. The van der Waals surface area contributed by atoms with Gasteiger partial charge in [-0.15, -0.1) is 0 Å². The fourth-order valence-electron chi connectivity index (χ4n) is 1.44. The molecule has 0 bridgehead atoms. The molecule has 0 saturated heterocycles. The molecule has 19 heavy (non-hydrogen) atoms. The number of benzene rings is 1. The molecular formula is C11H15F3N2O2S. The first-order chi connectivity index (χ1) is 8.65. The average Bonchev–Trinajstić information content (AvgIpc) is 2.27. The molecule has 108 valence electrons. The van der Waals surface area contributed by atoms with E-state index in [1.165, 1.54) is 6.07 Å². The highest BCUT2D eigenvalue weighted by atomic mass is 32.2. The van der Waals surface area contributed by atoms with E-state index in [1.807, 2.05) is 4.72 Å². The van der Waals surface area contributed by atoms with Crippen LogP contribution in [-0.4, -0.2) is 14.2 Å². The van der Waals surface area contributed by atoms with Gasteiger partial charge in [-0.1, -0.05) is 13.3 Å². The van der Waals surface area contributed by atoms with Crippen LogP contribution in [0, 0.1) is 0 Å². The van der Waals surface area contributed by atoms with Crippen LogP contribution in [-0.2, 0) is 16.2 Å². The number of nitrogens with one attached hydrogen (secondary N) is 1. The molecule has 0 spiro atoms. The van der Waals surface area contributed by atoms with Crippen molar-refractivity contribution < 1.29 is 21.6 Å². The number of rotatable bonds is 5. The zero-order chi connectivity index (χ0) is 14.7. The third kappa shape index (κ3) is 4.62. The SMILES string of the molecule is CCCCS(=O)(=O)Nc1ccc(N)cc1C(F)(F)F. The molecule has 0 unspecified atom stereocenters. The van der Waals surface area contributed by atoms with Crippen LogP contribution >= 0.6 is 0 Å². The number of hydrogen-bond acceptors (Lipinski definition) is 3. The second kappa shape index (κ2) is 5.68. The molecule has 1 aromatic rings. The average molecular weight is 296 g/mol. The zero-order valence-electron chi connectivity index (χ0n) is 10.3. The summed E-state index contributed by atoms with van der Waals surface area (Å²) in [5.74, 6) is -0.217. The Kier molecular flexibility index (Phi) is 4.67. The fourth-order valence-corrected chi connectivity index (χ4v) is 2.72. The van der Waals surface area contributed by atoms with Crippen molar-refractivity contribution in [1.82, 2.24) is 0 Å². The molecule has 0 aliphatic rings. The van der Waals surface area contributed by atoms with Crippen molar-refractivity contribution in [2.75, 3.05) is 16.2 Å². The molecule has 0 heterocycles. The van der Waals surface area contributed by atoms with Crippen LogP contribution in [0.15, 0.2) is 18.2 Å². The second-order valence-electron chi connectivity index (χ2n) is 4.08. The number of nitrogen functional groups attached to an aromatic ring is 1. The van der Waals surface area contributed by atoms with Crippen molar-refractivity contribution in [1.29, 1.82) is 0 Å². The van der Waals surface area contributed by atoms with E-state index in [1.54, 1.807) is 6.92 Å². The Labute approximate surface area is 109 Å². The maximum absolute atomic E-state index is 12.8. The Hall–Kier alpha value is -1.44. The summed E-state index contributed by atoms with van der Waals surface area (Å²) in [6.07, 6.45) is -3.65. The quantitative estimate of drug-likeness (QED) is 0.821. The van der Waals surface area contributed by atoms with Gasteiger partial charge in [0.15, 0.2) is 0 Å². The van der Waals surface area contributed by atoms with Crippen molar-refractivity contribution in [2.24, 2.45) is 0 Å². The number of sulfonamides is 1. The summed E-state index contributed by atoms with van der Waals surface area (Å²) >= 11 is 0. The van der Waals surface area contributed by atoms with E-state index in [0.717, 1.165) is 6.07 Å². The topological polar surface area (TPSA) is 72.2 Å². The molecule has 1 aromatic carbocycles. The molecule has 0 radical (unpaired) electrons. The monoisotopic (exact) mass is 296 g/mol. The Balaban J connectivity index is 3.08. The minimum absolute atomic E-state index is 0.0798. The van der Waals surface area contributed by atoms with Gasteiger partial charge >= 0.3 is 6.18 Å². The molecule has 8 heteroatoms. The summed E-state index contributed by atoms with van der Waals surface area (Å²) < 4.78 is 63.5. The van der Waals surface area contributed by atoms with E-state index in [0.29, 0.717) is 18.9 Å². The fraction of sp³-hybridized carbons (Fsp3) is 0.455. The molecule has 0 aromatic heterocycles. The minimum atomic E-state index is -4.67. The van der Waals surface area contributed by atoms with Crippen LogP contribution < -0.4 is 10.5 Å². The van der Waals surface area contributed by atoms with E-state index in [4.69, 9.17) is 5.73 Å². The van der Waals surface area contributed by atoms with Crippen molar-refractivity contribution in [3.63, 3.8) is 0 Å². The van der Waals surface area contributed by atoms with Gasteiger partial charge in [-0.2, -0.15) is 13.2 Å². The molecule has 0 aliphatic heterocycles. The van der Waals surface area contributed by atoms with Crippen LogP contribution in [0.5, 0.6) is 0 Å². The molecule has 4 nitrogen and oxygen atoms in total. The normalized spacial score (nSPS) is 12.4. The summed E-state index contributed by atoms with van der Waals surface area (Å²) in [7, 11) is -3.78. The van der Waals surface area contributed by atoms with Gasteiger partial charge in [-0.25, -0.2) is 8.42 Å². The van der Waals surface area contributed by atoms with Gasteiger partial charge in [0.2, 0.25) is 10.0 Å². The Morgan fingerprint density at radius 1 is 1.32 bits per heavy atom. The smallest absolute Gasteiger partial charge is 0.399 e. The van der Waals surface area contributed by atoms with Crippen LogP contribution in [0.4, 0.5) is 24.5 Å². The predicted molar refractivity (Wildman–Crippen MR) is 68.2 cm³/mol. The van der Waals surface area contributed by atoms with Crippen LogP contribution in [0.3, 0.4) is 0 Å². The first-order valence-electron chi connectivity index (χ1n) is 5.63. The molecule has 0 amide bonds. The molecular weight excluding hydrogens is 281 g/mol. The lowest BCUT2D eigenvalue weighted by Crippen LogP contribution is -2.19. The number of alkyl halides is 3. The third-order valence-electron chi connectivity index (χ3n) is 2.38. The lowest BCUT2D eigenvalue weighted by atomic mass is 10.1. The van der Waals surface area contributed by atoms with Crippen molar-refractivity contribution in [3.8, 4) is 0 Å². The van der Waals surface area contributed by atoms with Gasteiger partial charge in [0.1, 0.15) is 0 Å². The van der Waals surface area contributed by atoms with Crippen LogP contribution in [0.2, 0.25) is 0 Å². The summed E-state index contributed by atoms with van der Waals surface area (Å²) in [5.41, 5.74) is 3.62. The highest BCUT2D eigenvalue weighted by molar-refractivity contribution is 7.92. The zero-order valence-corrected chi connectivity index (χ0v) is 11.1. The van der Waals surface area contributed by atoms with E-state index < -0.39 is 27.5 Å². The predicted octanol–water partition coefficient (Wildman–Crippen LogP) is 2.83. The largest absolute Gasteiger partial charge is 0.418 e. The number of halogens is 3. The van der Waals surface area contributed by atoms with Crippen molar-refractivity contribution in [3.05, 3.63) is 23.8 Å². The lowest BCUT2D eigenvalue weighted by molar-refractivity contribution is -0.136. The van der Waals surface area contributed by atoms with Crippen LogP contribution in [0.1, 0.15) is 25.3 Å². The summed E-state index contributed by atoms with van der Waals surface area (Å²) in [5, 5.41) is 0. The highest BCUT2D eigenvalue weighted by Gasteiger charge is 2.34. The number of unbranched alkanes of at least 4 members (excludes halogenated alkanes) is 1. The van der Waals surface area contributed by atoms with Crippen molar-refractivity contribution in [2.45, 2.75) is 25.9 Å². The number of hydrogen-bond donors (Lipinski definition) is 2. The van der Waals surface area contributed by atoms with E-state index >= 15 is 0 Å². The molecule has 0 saturated carbocycles. The maximum atomic E-state index is 12.8. The van der Waals surface area contributed by atoms with Gasteiger partial charge in [0.05, 0.1) is 17.0 Å². The van der Waals surface area contributed by atoms with Gasteiger partial charge in [0.25, 0.3) is 0 Å². The summed E-state index contributed by atoms with van der Waals surface area (Å²) in [6, 6.07) is 2.94. The van der Waals surface area contributed by atoms with E-state index in [2.05, 4.69) is 0 Å². The lowest BCUT2D eigenvalue weighted by Gasteiger charge is -2.15. The first kappa shape index (κ1) is 15.6. The Morgan fingerprint density at radius 3 is 2.47 bits per heavy atom. The maximum Gasteiger partial charge on any atom is 0.418 e. The molecule has 0 aliphatic carbocycles. The van der Waals surface area contributed by atoms with Crippen molar-refractivity contribution >= 4 is 21.4 Å². The van der Waals surface area contributed by atoms with E-state index in [-0.39, 0.29) is 11.4 Å². The number of anilines is 2. The van der Waals surface area contributed by atoms with Gasteiger partial charge in [-0.3, -0.25) is 4.72 Å². The van der Waals surface area contributed by atoms with Crippen LogP contribution in [0.25, 0.3) is 0 Å². The molecule has 1 rings (SSSR count). The highest BCUT2D eigenvalue weighted by Crippen LogP contribution is 2.36. The summed E-state index contributed by atoms with van der Waals surface area (Å²) in [6.45, 7) is 1.79. The van der Waals surface area contributed by atoms with E-state index in [9.17, 15) is 21.6 Å². The molecule has 0 atom stereocenters. The third-order valence-corrected chi connectivity index (χ3v) is 3.74. The molecule has 0 fully saturated rings. The second-order valence-corrected chi connectivity index (χ2v) is 5.92.